The van der Waals surface area contributed by atoms with Gasteiger partial charge in [-0.3, -0.25) is 10.1 Å². The Bertz CT molecular complexity index is 311. The second kappa shape index (κ2) is 6.98. The van der Waals surface area contributed by atoms with Gasteiger partial charge in [0, 0.05) is 11.3 Å². The van der Waals surface area contributed by atoms with Gasteiger partial charge >= 0.3 is 0 Å². The number of hydrogen-bond donors (Lipinski definition) is 1. The molecule has 1 amide bonds. The minimum atomic E-state index is 0.0767. The van der Waals surface area contributed by atoms with Crippen molar-refractivity contribution in [1.82, 2.24) is 10.2 Å². The molecule has 19 heavy (non-hydrogen) atoms. The Labute approximate surface area is 121 Å². The lowest BCUT2D eigenvalue weighted by Gasteiger charge is -2.28. The number of hydrogen-bond acceptors (Lipinski definition) is 3. The Kier molecular flexibility index (Phi) is 5.58. The molecule has 0 spiro atoms. The molecule has 1 saturated carbocycles. The number of carbonyl (C=O) groups excluding carboxylic acids is 1. The van der Waals surface area contributed by atoms with Gasteiger partial charge in [-0.2, -0.15) is 11.8 Å². The molecule has 0 aromatic heterocycles. The standard InChI is InChI=1S/C15H28N2OS/c1-4-6-7-14-15(18)17(11(3)16-14)12-8-9-13(10-12)19-5-2/h11-14,16H,4-10H2,1-3H3. The van der Waals surface area contributed by atoms with Crippen molar-refractivity contribution in [2.24, 2.45) is 0 Å². The van der Waals surface area contributed by atoms with Crippen LogP contribution in [0.4, 0.5) is 0 Å². The minimum Gasteiger partial charge on any atom is -0.323 e. The normalized spacial score (nSPS) is 35.3. The summed E-state index contributed by atoms with van der Waals surface area (Å²) >= 11 is 2.06. The zero-order valence-corrected chi connectivity index (χ0v) is 13.3. The largest absolute Gasteiger partial charge is 0.323 e. The lowest BCUT2D eigenvalue weighted by atomic mass is 10.1. The van der Waals surface area contributed by atoms with E-state index in [1.165, 1.54) is 31.4 Å². The third kappa shape index (κ3) is 3.46. The summed E-state index contributed by atoms with van der Waals surface area (Å²) in [5.74, 6) is 1.55. The van der Waals surface area contributed by atoms with Crippen LogP contribution in [-0.2, 0) is 4.79 Å². The van der Waals surface area contributed by atoms with Gasteiger partial charge in [-0.05, 0) is 38.4 Å². The summed E-state index contributed by atoms with van der Waals surface area (Å²) in [6.07, 6.45) is 7.19. The molecule has 4 unspecified atom stereocenters. The molecule has 2 fully saturated rings. The van der Waals surface area contributed by atoms with Crippen molar-refractivity contribution in [2.75, 3.05) is 5.75 Å². The van der Waals surface area contributed by atoms with E-state index in [0.29, 0.717) is 11.9 Å². The summed E-state index contributed by atoms with van der Waals surface area (Å²) in [5, 5.41) is 4.25. The highest BCUT2D eigenvalue weighted by molar-refractivity contribution is 7.99. The van der Waals surface area contributed by atoms with E-state index in [1.807, 2.05) is 0 Å². The number of nitrogens with one attached hydrogen (secondary N) is 1. The highest BCUT2D eigenvalue weighted by Gasteiger charge is 2.42. The monoisotopic (exact) mass is 284 g/mol. The van der Waals surface area contributed by atoms with Gasteiger partial charge in [0.1, 0.15) is 0 Å². The van der Waals surface area contributed by atoms with E-state index >= 15 is 0 Å². The number of nitrogens with zero attached hydrogens (tertiary/aromatic N) is 1. The first-order valence-electron chi connectivity index (χ1n) is 7.87. The number of carbonyl (C=O) groups is 1. The molecular formula is C15H28N2OS. The van der Waals surface area contributed by atoms with Gasteiger partial charge in [-0.15, -0.1) is 0 Å². The summed E-state index contributed by atoms with van der Waals surface area (Å²) in [7, 11) is 0. The third-order valence-electron chi connectivity index (χ3n) is 4.41. The van der Waals surface area contributed by atoms with Crippen molar-refractivity contribution in [3.8, 4) is 0 Å². The molecule has 110 valence electrons. The summed E-state index contributed by atoms with van der Waals surface area (Å²) in [4.78, 5) is 14.7. The van der Waals surface area contributed by atoms with Gasteiger partial charge in [-0.25, -0.2) is 0 Å². The second-order valence-corrected chi connectivity index (χ2v) is 7.40. The molecule has 0 bridgehead atoms. The van der Waals surface area contributed by atoms with E-state index in [0.717, 1.165) is 18.1 Å². The van der Waals surface area contributed by atoms with E-state index in [-0.39, 0.29) is 12.2 Å². The van der Waals surface area contributed by atoms with Gasteiger partial charge in [0.25, 0.3) is 0 Å². The highest BCUT2D eigenvalue weighted by atomic mass is 32.2. The fourth-order valence-corrected chi connectivity index (χ4v) is 4.61. The minimum absolute atomic E-state index is 0.0767. The van der Waals surface area contributed by atoms with Crippen molar-refractivity contribution >= 4 is 17.7 Å². The van der Waals surface area contributed by atoms with E-state index in [2.05, 4.69) is 42.7 Å². The molecule has 1 N–H and O–H groups in total. The lowest BCUT2D eigenvalue weighted by Crippen LogP contribution is -2.42. The number of rotatable bonds is 6. The van der Waals surface area contributed by atoms with Crippen LogP contribution in [-0.4, -0.2) is 40.1 Å². The van der Waals surface area contributed by atoms with Crippen LogP contribution in [0, 0.1) is 0 Å². The van der Waals surface area contributed by atoms with Crippen molar-refractivity contribution in [3.05, 3.63) is 0 Å². The van der Waals surface area contributed by atoms with Gasteiger partial charge < -0.3 is 4.90 Å². The predicted octanol–water partition coefficient (Wildman–Crippen LogP) is 3.00. The maximum Gasteiger partial charge on any atom is 0.241 e. The van der Waals surface area contributed by atoms with Crippen LogP contribution >= 0.6 is 11.8 Å². The Hall–Kier alpha value is -0.220. The van der Waals surface area contributed by atoms with Crippen LogP contribution in [0.1, 0.15) is 59.3 Å². The Morgan fingerprint density at radius 2 is 2.16 bits per heavy atom. The lowest BCUT2D eigenvalue weighted by molar-refractivity contribution is -0.132. The summed E-state index contributed by atoms with van der Waals surface area (Å²) in [5.41, 5.74) is 0. The van der Waals surface area contributed by atoms with E-state index in [1.54, 1.807) is 0 Å². The summed E-state index contributed by atoms with van der Waals surface area (Å²) in [6.45, 7) is 6.55. The fourth-order valence-electron chi connectivity index (χ4n) is 3.48. The number of thioether (sulfide) groups is 1. The average molecular weight is 284 g/mol. The van der Waals surface area contributed by atoms with Crippen molar-refractivity contribution < 1.29 is 4.79 Å². The van der Waals surface area contributed by atoms with Crippen LogP contribution in [0.15, 0.2) is 0 Å². The Balaban J connectivity index is 1.91. The van der Waals surface area contributed by atoms with Crippen LogP contribution in [0.3, 0.4) is 0 Å². The van der Waals surface area contributed by atoms with Crippen LogP contribution in [0.5, 0.6) is 0 Å². The van der Waals surface area contributed by atoms with Crippen molar-refractivity contribution in [3.63, 3.8) is 0 Å². The van der Waals surface area contributed by atoms with Crippen LogP contribution < -0.4 is 5.32 Å². The molecule has 0 aromatic carbocycles. The van der Waals surface area contributed by atoms with Crippen molar-refractivity contribution in [2.45, 2.75) is 82.8 Å². The molecule has 0 aromatic rings. The molecular weight excluding hydrogens is 256 g/mol. The van der Waals surface area contributed by atoms with Gasteiger partial charge in [0.15, 0.2) is 0 Å². The van der Waals surface area contributed by atoms with Crippen LogP contribution in [0.2, 0.25) is 0 Å². The molecule has 3 nitrogen and oxygen atoms in total. The maximum atomic E-state index is 12.5. The molecule has 4 heteroatoms. The molecule has 0 radical (unpaired) electrons. The number of amides is 1. The average Bonchev–Trinajstić information content (AvgIpc) is 2.93. The highest BCUT2D eigenvalue weighted by Crippen LogP contribution is 2.35. The first-order chi connectivity index (χ1) is 9.17. The van der Waals surface area contributed by atoms with E-state index in [4.69, 9.17) is 0 Å². The SMILES string of the molecule is CCCCC1NC(C)N(C2CCC(SCC)C2)C1=O. The maximum absolute atomic E-state index is 12.5. The van der Waals surface area contributed by atoms with E-state index < -0.39 is 0 Å². The quantitative estimate of drug-likeness (QED) is 0.814. The molecule has 1 aliphatic carbocycles. The Morgan fingerprint density at radius 3 is 2.84 bits per heavy atom. The topological polar surface area (TPSA) is 32.3 Å². The molecule has 2 rings (SSSR count). The van der Waals surface area contributed by atoms with Gasteiger partial charge in [0.2, 0.25) is 5.91 Å². The van der Waals surface area contributed by atoms with Gasteiger partial charge in [0.05, 0.1) is 12.2 Å². The molecule has 1 saturated heterocycles. The molecule has 4 atom stereocenters. The second-order valence-electron chi connectivity index (χ2n) is 5.83. The summed E-state index contributed by atoms with van der Waals surface area (Å²) in [6, 6.07) is 0.554. The van der Waals surface area contributed by atoms with Crippen molar-refractivity contribution in [1.29, 1.82) is 0 Å². The predicted molar refractivity (Wildman–Crippen MR) is 82.3 cm³/mol. The van der Waals surface area contributed by atoms with E-state index in [9.17, 15) is 4.79 Å². The van der Waals surface area contributed by atoms with Gasteiger partial charge in [-0.1, -0.05) is 26.7 Å². The summed E-state index contributed by atoms with van der Waals surface area (Å²) < 4.78 is 0. The first kappa shape index (κ1) is 15.2. The number of unbranched alkanes of at least 4 members (excludes halogenated alkanes) is 1. The Morgan fingerprint density at radius 1 is 1.37 bits per heavy atom. The molecule has 1 aliphatic heterocycles. The first-order valence-corrected chi connectivity index (χ1v) is 8.92. The zero-order valence-electron chi connectivity index (χ0n) is 12.5. The molecule has 1 heterocycles. The molecule has 2 aliphatic rings. The van der Waals surface area contributed by atoms with Crippen LogP contribution in [0.25, 0.3) is 0 Å². The zero-order chi connectivity index (χ0) is 13.8. The third-order valence-corrected chi connectivity index (χ3v) is 5.64. The fraction of sp³-hybridized carbons (Fsp3) is 0.933. The smallest absolute Gasteiger partial charge is 0.241 e.